The van der Waals surface area contributed by atoms with Crippen LogP contribution in [-0.2, 0) is 4.74 Å². The van der Waals surface area contributed by atoms with E-state index in [1.807, 2.05) is 19.1 Å². The maximum atomic E-state index is 11.5. The second-order valence-electron chi connectivity index (χ2n) is 4.41. The molecule has 96 valence electrons. The molecule has 0 radical (unpaired) electrons. The van der Waals surface area contributed by atoms with Gasteiger partial charge in [-0.3, -0.25) is 0 Å². The lowest BCUT2D eigenvalue weighted by atomic mass is 10.0. The first kappa shape index (κ1) is 12.7. The first-order valence-corrected chi connectivity index (χ1v) is 6.50. The molecule has 0 spiro atoms. The van der Waals surface area contributed by atoms with Gasteiger partial charge in [-0.1, -0.05) is 12.2 Å². The van der Waals surface area contributed by atoms with Crippen molar-refractivity contribution in [1.82, 2.24) is 0 Å². The van der Waals surface area contributed by atoms with Gasteiger partial charge in [0.25, 0.3) is 0 Å². The summed E-state index contributed by atoms with van der Waals surface area (Å²) < 4.78 is 4.95. The van der Waals surface area contributed by atoms with E-state index in [2.05, 4.69) is 17.5 Å². The molecule has 1 aliphatic carbocycles. The van der Waals surface area contributed by atoms with Crippen LogP contribution in [0.25, 0.3) is 0 Å². The first-order valence-electron chi connectivity index (χ1n) is 6.50. The number of hydrogen-bond acceptors (Lipinski definition) is 3. The third kappa shape index (κ3) is 3.36. The summed E-state index contributed by atoms with van der Waals surface area (Å²) in [6, 6.07) is 7.86. The average molecular weight is 245 g/mol. The van der Waals surface area contributed by atoms with Gasteiger partial charge in [-0.25, -0.2) is 4.79 Å². The van der Waals surface area contributed by atoms with Crippen LogP contribution in [0, 0.1) is 0 Å². The van der Waals surface area contributed by atoms with Crippen molar-refractivity contribution in [2.75, 3.05) is 11.9 Å². The van der Waals surface area contributed by atoms with E-state index < -0.39 is 0 Å². The number of ether oxygens (including phenoxy) is 1. The van der Waals surface area contributed by atoms with Crippen LogP contribution >= 0.6 is 0 Å². The smallest absolute Gasteiger partial charge is 0.338 e. The summed E-state index contributed by atoms with van der Waals surface area (Å²) in [5.41, 5.74) is 1.64. The lowest BCUT2D eigenvalue weighted by Gasteiger charge is -2.19. The molecular weight excluding hydrogens is 226 g/mol. The highest BCUT2D eigenvalue weighted by Crippen LogP contribution is 2.17. The Morgan fingerprint density at radius 3 is 2.78 bits per heavy atom. The lowest BCUT2D eigenvalue weighted by Crippen LogP contribution is -2.18. The molecule has 0 aliphatic heterocycles. The number of allylic oxidation sites excluding steroid dienone is 1. The summed E-state index contributed by atoms with van der Waals surface area (Å²) in [7, 11) is 0. The highest BCUT2D eigenvalue weighted by Gasteiger charge is 2.09. The van der Waals surface area contributed by atoms with Crippen LogP contribution in [0.4, 0.5) is 5.69 Å². The van der Waals surface area contributed by atoms with E-state index in [1.165, 1.54) is 12.8 Å². The average Bonchev–Trinajstić information content (AvgIpc) is 2.41. The van der Waals surface area contributed by atoms with Gasteiger partial charge in [0.15, 0.2) is 0 Å². The number of esters is 1. The zero-order chi connectivity index (χ0) is 12.8. The molecule has 1 aliphatic rings. The number of anilines is 1. The standard InChI is InChI=1S/C15H19NO2/c1-2-18-15(17)12-8-10-14(11-9-12)16-13-6-4-3-5-7-13/h4,6,8-11,13,16H,2-3,5,7H2,1H3. The molecule has 0 heterocycles. The minimum Gasteiger partial charge on any atom is -0.462 e. The van der Waals surface area contributed by atoms with Crippen molar-refractivity contribution in [1.29, 1.82) is 0 Å². The second-order valence-corrected chi connectivity index (χ2v) is 4.41. The van der Waals surface area contributed by atoms with E-state index in [1.54, 1.807) is 12.1 Å². The molecule has 3 nitrogen and oxygen atoms in total. The second kappa shape index (κ2) is 6.24. The summed E-state index contributed by atoms with van der Waals surface area (Å²) in [4.78, 5) is 11.5. The molecule has 0 bridgehead atoms. The number of carbonyl (C=O) groups excluding carboxylic acids is 1. The van der Waals surface area contributed by atoms with E-state index in [9.17, 15) is 4.79 Å². The SMILES string of the molecule is CCOC(=O)c1ccc(NC2C=CCCC2)cc1. The molecule has 0 saturated carbocycles. The molecule has 1 aromatic carbocycles. The third-order valence-electron chi connectivity index (χ3n) is 3.00. The molecule has 0 saturated heterocycles. The topological polar surface area (TPSA) is 38.3 Å². The minimum absolute atomic E-state index is 0.262. The molecule has 1 unspecified atom stereocenters. The predicted octanol–water partition coefficient (Wildman–Crippen LogP) is 3.38. The minimum atomic E-state index is -0.262. The zero-order valence-electron chi connectivity index (χ0n) is 10.7. The van der Waals surface area contributed by atoms with E-state index in [-0.39, 0.29) is 5.97 Å². The van der Waals surface area contributed by atoms with Gasteiger partial charge in [0, 0.05) is 11.7 Å². The van der Waals surface area contributed by atoms with Crippen LogP contribution in [0.15, 0.2) is 36.4 Å². The molecule has 1 atom stereocenters. The van der Waals surface area contributed by atoms with Crippen LogP contribution < -0.4 is 5.32 Å². The van der Waals surface area contributed by atoms with Crippen molar-refractivity contribution in [3.8, 4) is 0 Å². The number of carbonyl (C=O) groups is 1. The van der Waals surface area contributed by atoms with Crippen molar-refractivity contribution in [2.45, 2.75) is 32.2 Å². The van der Waals surface area contributed by atoms with Crippen molar-refractivity contribution >= 4 is 11.7 Å². The Hall–Kier alpha value is -1.77. The van der Waals surface area contributed by atoms with Gasteiger partial charge >= 0.3 is 5.97 Å². The summed E-state index contributed by atoms with van der Waals surface area (Å²) in [6.07, 6.45) is 8.00. The molecule has 1 N–H and O–H groups in total. The first-order chi connectivity index (χ1) is 8.79. The van der Waals surface area contributed by atoms with Crippen molar-refractivity contribution in [2.24, 2.45) is 0 Å². The number of nitrogens with one attached hydrogen (secondary N) is 1. The normalized spacial score (nSPS) is 18.4. The van der Waals surface area contributed by atoms with Gasteiger partial charge in [0.05, 0.1) is 12.2 Å². The lowest BCUT2D eigenvalue weighted by molar-refractivity contribution is 0.0526. The quantitative estimate of drug-likeness (QED) is 0.652. The monoisotopic (exact) mass is 245 g/mol. The van der Waals surface area contributed by atoms with Crippen LogP contribution in [0.2, 0.25) is 0 Å². The van der Waals surface area contributed by atoms with Gasteiger partial charge in [-0.15, -0.1) is 0 Å². The Balaban J connectivity index is 1.96. The van der Waals surface area contributed by atoms with E-state index in [0.29, 0.717) is 18.2 Å². The molecule has 3 heteroatoms. The maximum Gasteiger partial charge on any atom is 0.338 e. The maximum absolute atomic E-state index is 11.5. The molecule has 18 heavy (non-hydrogen) atoms. The predicted molar refractivity (Wildman–Crippen MR) is 72.8 cm³/mol. The Kier molecular flexibility index (Phi) is 4.40. The van der Waals surface area contributed by atoms with Crippen LogP contribution in [0.3, 0.4) is 0 Å². The Morgan fingerprint density at radius 1 is 1.39 bits per heavy atom. The molecule has 0 aromatic heterocycles. The molecular formula is C15H19NO2. The molecule has 0 amide bonds. The van der Waals surface area contributed by atoms with E-state index >= 15 is 0 Å². The van der Waals surface area contributed by atoms with Crippen molar-refractivity contribution in [3.63, 3.8) is 0 Å². The Bertz CT molecular complexity index is 423. The van der Waals surface area contributed by atoms with Crippen LogP contribution in [-0.4, -0.2) is 18.6 Å². The number of benzene rings is 1. The summed E-state index contributed by atoms with van der Waals surface area (Å²) in [6.45, 7) is 2.22. The highest BCUT2D eigenvalue weighted by molar-refractivity contribution is 5.89. The summed E-state index contributed by atoms with van der Waals surface area (Å²) >= 11 is 0. The van der Waals surface area contributed by atoms with Gasteiger partial charge in [-0.2, -0.15) is 0 Å². The molecule has 0 fully saturated rings. The van der Waals surface area contributed by atoms with Crippen molar-refractivity contribution < 1.29 is 9.53 Å². The fourth-order valence-corrected chi connectivity index (χ4v) is 2.06. The van der Waals surface area contributed by atoms with Gasteiger partial charge in [0.2, 0.25) is 0 Å². The van der Waals surface area contributed by atoms with E-state index in [0.717, 1.165) is 12.1 Å². The summed E-state index contributed by atoms with van der Waals surface area (Å²) in [5.74, 6) is -0.262. The van der Waals surface area contributed by atoms with Gasteiger partial charge in [-0.05, 0) is 50.5 Å². The fraction of sp³-hybridized carbons (Fsp3) is 0.400. The van der Waals surface area contributed by atoms with Gasteiger partial charge in [0.1, 0.15) is 0 Å². The van der Waals surface area contributed by atoms with Crippen LogP contribution in [0.5, 0.6) is 0 Å². The van der Waals surface area contributed by atoms with Gasteiger partial charge < -0.3 is 10.1 Å². The number of hydrogen-bond donors (Lipinski definition) is 1. The largest absolute Gasteiger partial charge is 0.462 e. The highest BCUT2D eigenvalue weighted by atomic mass is 16.5. The molecule has 1 aromatic rings. The van der Waals surface area contributed by atoms with E-state index in [4.69, 9.17) is 4.74 Å². The molecule has 2 rings (SSSR count). The fourth-order valence-electron chi connectivity index (χ4n) is 2.06. The van der Waals surface area contributed by atoms with Crippen molar-refractivity contribution in [3.05, 3.63) is 42.0 Å². The Morgan fingerprint density at radius 2 is 2.17 bits per heavy atom. The summed E-state index contributed by atoms with van der Waals surface area (Å²) in [5, 5.41) is 3.44. The third-order valence-corrected chi connectivity index (χ3v) is 3.00. The Labute approximate surface area is 108 Å². The number of rotatable bonds is 4. The zero-order valence-corrected chi connectivity index (χ0v) is 10.7. The van der Waals surface area contributed by atoms with Crippen LogP contribution in [0.1, 0.15) is 36.5 Å².